The van der Waals surface area contributed by atoms with Crippen LogP contribution in [-0.4, -0.2) is 40.8 Å². The predicted molar refractivity (Wildman–Crippen MR) is 69.2 cm³/mol. The Hall–Kier alpha value is -2.25. The van der Waals surface area contributed by atoms with Crippen molar-refractivity contribution in [2.75, 3.05) is 6.54 Å². The van der Waals surface area contributed by atoms with E-state index in [4.69, 9.17) is 5.11 Å². The monoisotopic (exact) mass is 317 g/mol. The molecule has 0 aliphatic carbocycles. The van der Waals surface area contributed by atoms with Gasteiger partial charge in [0.25, 0.3) is 0 Å². The molecule has 2 rings (SSSR count). The first-order valence-electron chi connectivity index (χ1n) is 6.63. The number of alkyl halides is 3. The highest BCUT2D eigenvalue weighted by molar-refractivity contribution is 5.85. The van der Waals surface area contributed by atoms with Crippen LogP contribution in [0.15, 0.2) is 24.3 Å². The first-order chi connectivity index (χ1) is 10.3. The van der Waals surface area contributed by atoms with Crippen molar-refractivity contribution in [3.05, 3.63) is 29.8 Å². The Morgan fingerprint density at radius 3 is 2.45 bits per heavy atom. The second-order valence-corrected chi connectivity index (χ2v) is 4.95. The van der Waals surface area contributed by atoms with E-state index < -0.39 is 18.4 Å². The standard InChI is InChI=1S/C14H14F3NO4/c15-14(16,17)22-10-5-3-9(4-6-10)8-12(19)18-7-1-2-11(18)13(20)21/h3-6,11H,1-2,7-8H2,(H,20,21)/t11-/m0/s1. The van der Waals surface area contributed by atoms with E-state index in [2.05, 4.69) is 4.74 Å². The summed E-state index contributed by atoms with van der Waals surface area (Å²) >= 11 is 0. The minimum absolute atomic E-state index is 0.0594. The number of hydrogen-bond donors (Lipinski definition) is 1. The van der Waals surface area contributed by atoms with Gasteiger partial charge in [-0.05, 0) is 30.5 Å². The highest BCUT2D eigenvalue weighted by Gasteiger charge is 2.34. The van der Waals surface area contributed by atoms with Crippen LogP contribution >= 0.6 is 0 Å². The third-order valence-electron chi connectivity index (χ3n) is 3.37. The topological polar surface area (TPSA) is 66.8 Å². The number of aliphatic carboxylic acids is 1. The highest BCUT2D eigenvalue weighted by Crippen LogP contribution is 2.23. The fourth-order valence-corrected chi connectivity index (χ4v) is 2.41. The van der Waals surface area contributed by atoms with Crippen LogP contribution < -0.4 is 4.74 Å². The molecular formula is C14H14F3NO4. The third kappa shape index (κ3) is 4.12. The van der Waals surface area contributed by atoms with E-state index in [1.165, 1.54) is 17.0 Å². The zero-order valence-electron chi connectivity index (χ0n) is 11.5. The molecule has 1 N–H and O–H groups in total. The lowest BCUT2D eigenvalue weighted by atomic mass is 10.1. The van der Waals surface area contributed by atoms with E-state index in [0.717, 1.165) is 12.1 Å². The van der Waals surface area contributed by atoms with Crippen molar-refractivity contribution < 1.29 is 32.6 Å². The van der Waals surface area contributed by atoms with E-state index >= 15 is 0 Å². The van der Waals surface area contributed by atoms with Crippen LogP contribution in [0.3, 0.4) is 0 Å². The Morgan fingerprint density at radius 2 is 1.91 bits per heavy atom. The van der Waals surface area contributed by atoms with E-state index in [1.54, 1.807) is 0 Å². The smallest absolute Gasteiger partial charge is 0.480 e. The first kappa shape index (κ1) is 16.1. The molecule has 1 saturated heterocycles. The lowest BCUT2D eigenvalue weighted by Crippen LogP contribution is -2.41. The number of halogens is 3. The van der Waals surface area contributed by atoms with Crippen LogP contribution in [0.2, 0.25) is 0 Å². The molecule has 1 heterocycles. The maximum Gasteiger partial charge on any atom is 0.573 e. The number of hydrogen-bond acceptors (Lipinski definition) is 3. The molecule has 1 atom stereocenters. The molecule has 1 aliphatic rings. The largest absolute Gasteiger partial charge is 0.573 e. The normalized spacial score (nSPS) is 18.3. The van der Waals surface area contributed by atoms with Crippen molar-refractivity contribution in [3.8, 4) is 5.75 Å². The molecule has 0 bridgehead atoms. The summed E-state index contributed by atoms with van der Waals surface area (Å²) in [4.78, 5) is 24.4. The van der Waals surface area contributed by atoms with Gasteiger partial charge in [0.1, 0.15) is 11.8 Å². The molecule has 0 aromatic heterocycles. The van der Waals surface area contributed by atoms with Crippen molar-refractivity contribution in [1.29, 1.82) is 0 Å². The molecule has 22 heavy (non-hydrogen) atoms. The molecule has 0 spiro atoms. The number of likely N-dealkylation sites (tertiary alicyclic amines) is 1. The van der Waals surface area contributed by atoms with Crippen LogP contribution in [0.25, 0.3) is 0 Å². The molecule has 1 aromatic rings. The molecule has 1 fully saturated rings. The number of nitrogens with zero attached hydrogens (tertiary/aromatic N) is 1. The van der Waals surface area contributed by atoms with Gasteiger partial charge in [0, 0.05) is 6.54 Å². The molecule has 0 unspecified atom stereocenters. The SMILES string of the molecule is O=C(O)[C@@H]1CCCN1C(=O)Cc1ccc(OC(F)(F)F)cc1. The summed E-state index contributed by atoms with van der Waals surface area (Å²) < 4.78 is 39.8. The van der Waals surface area contributed by atoms with Gasteiger partial charge in [0.2, 0.25) is 5.91 Å². The fraction of sp³-hybridized carbons (Fsp3) is 0.429. The van der Waals surface area contributed by atoms with Gasteiger partial charge in [0.05, 0.1) is 6.42 Å². The van der Waals surface area contributed by atoms with Crippen molar-refractivity contribution in [1.82, 2.24) is 4.90 Å². The maximum atomic E-state index is 12.1. The number of ether oxygens (including phenoxy) is 1. The maximum absolute atomic E-state index is 12.1. The summed E-state index contributed by atoms with van der Waals surface area (Å²) in [5, 5.41) is 9.03. The van der Waals surface area contributed by atoms with Gasteiger partial charge in [-0.1, -0.05) is 12.1 Å². The number of carbonyl (C=O) groups is 2. The zero-order valence-corrected chi connectivity index (χ0v) is 11.5. The molecule has 8 heteroatoms. The minimum Gasteiger partial charge on any atom is -0.480 e. The lowest BCUT2D eigenvalue weighted by molar-refractivity contribution is -0.274. The number of amides is 1. The van der Waals surface area contributed by atoms with Crippen LogP contribution in [0, 0.1) is 0 Å². The first-order valence-corrected chi connectivity index (χ1v) is 6.63. The summed E-state index contributed by atoms with van der Waals surface area (Å²) in [6.45, 7) is 0.380. The number of benzene rings is 1. The van der Waals surface area contributed by atoms with Gasteiger partial charge in [-0.15, -0.1) is 13.2 Å². The van der Waals surface area contributed by atoms with Crippen LogP contribution in [0.1, 0.15) is 18.4 Å². The molecule has 0 saturated carbocycles. The molecule has 1 aromatic carbocycles. The second-order valence-electron chi connectivity index (χ2n) is 4.95. The average molecular weight is 317 g/mol. The summed E-state index contributed by atoms with van der Waals surface area (Å²) in [7, 11) is 0. The van der Waals surface area contributed by atoms with E-state index in [0.29, 0.717) is 24.9 Å². The fourth-order valence-electron chi connectivity index (χ4n) is 2.41. The lowest BCUT2D eigenvalue weighted by Gasteiger charge is -2.21. The Balaban J connectivity index is 1.98. The van der Waals surface area contributed by atoms with Crippen molar-refractivity contribution in [2.45, 2.75) is 31.7 Å². The van der Waals surface area contributed by atoms with Gasteiger partial charge in [-0.2, -0.15) is 0 Å². The van der Waals surface area contributed by atoms with Crippen molar-refractivity contribution >= 4 is 11.9 Å². The molecule has 0 radical (unpaired) electrons. The highest BCUT2D eigenvalue weighted by atomic mass is 19.4. The van der Waals surface area contributed by atoms with Crippen LogP contribution in [0.4, 0.5) is 13.2 Å². The molecule has 1 amide bonds. The van der Waals surface area contributed by atoms with Gasteiger partial charge in [-0.25, -0.2) is 4.79 Å². The number of carbonyl (C=O) groups excluding carboxylic acids is 1. The zero-order chi connectivity index (χ0) is 16.3. The minimum atomic E-state index is -4.76. The predicted octanol–water partition coefficient (Wildman–Crippen LogP) is 2.20. The van der Waals surface area contributed by atoms with Crippen LogP contribution in [0.5, 0.6) is 5.75 Å². The Morgan fingerprint density at radius 1 is 1.27 bits per heavy atom. The molecule has 5 nitrogen and oxygen atoms in total. The van der Waals surface area contributed by atoms with Gasteiger partial charge >= 0.3 is 12.3 Å². The van der Waals surface area contributed by atoms with E-state index in [1.807, 2.05) is 0 Å². The quantitative estimate of drug-likeness (QED) is 0.924. The third-order valence-corrected chi connectivity index (χ3v) is 3.37. The number of rotatable bonds is 4. The molecule has 120 valence electrons. The van der Waals surface area contributed by atoms with E-state index in [-0.39, 0.29) is 18.1 Å². The Bertz CT molecular complexity index is 556. The summed E-state index contributed by atoms with van der Waals surface area (Å²) in [6.07, 6.45) is -3.78. The number of carboxylic acid groups (broad SMARTS) is 1. The average Bonchev–Trinajstić information content (AvgIpc) is 2.89. The Kier molecular flexibility index (Phi) is 4.58. The van der Waals surface area contributed by atoms with Crippen molar-refractivity contribution in [3.63, 3.8) is 0 Å². The van der Waals surface area contributed by atoms with Crippen molar-refractivity contribution in [2.24, 2.45) is 0 Å². The molecule has 1 aliphatic heterocycles. The Labute approximate surface area is 124 Å². The summed E-state index contributed by atoms with van der Waals surface area (Å²) in [6, 6.07) is 4.12. The van der Waals surface area contributed by atoms with E-state index in [9.17, 15) is 22.8 Å². The van der Waals surface area contributed by atoms with Gasteiger partial charge in [-0.3, -0.25) is 4.79 Å². The second kappa shape index (κ2) is 6.25. The van der Waals surface area contributed by atoms with Gasteiger partial charge < -0.3 is 14.7 Å². The van der Waals surface area contributed by atoms with Crippen LogP contribution in [-0.2, 0) is 16.0 Å². The summed E-state index contributed by atoms with van der Waals surface area (Å²) in [5.41, 5.74) is 0.496. The molecular weight excluding hydrogens is 303 g/mol. The summed E-state index contributed by atoms with van der Waals surface area (Å²) in [5.74, 6) is -1.76. The number of carboxylic acids is 1. The van der Waals surface area contributed by atoms with Gasteiger partial charge in [0.15, 0.2) is 0 Å².